The van der Waals surface area contributed by atoms with Gasteiger partial charge in [-0.05, 0) is 324 Å². The molecule has 0 aliphatic heterocycles. The van der Waals surface area contributed by atoms with Gasteiger partial charge in [0.05, 0.1) is 0 Å². The fourth-order valence-electron chi connectivity index (χ4n) is 18.6. The summed E-state index contributed by atoms with van der Waals surface area (Å²) in [6.45, 7) is 15.3. The number of fused-ring (bicyclic) bond motifs is 24. The van der Waals surface area contributed by atoms with Crippen LogP contribution in [-0.2, 0) is 0 Å². The largest absolute Gasteiger partial charge is 0.0616 e. The molecule has 0 fully saturated rings. The average molecular weight is 1550 g/mol. The highest BCUT2D eigenvalue weighted by molar-refractivity contribution is 6.23. The average Bonchev–Trinajstić information content (AvgIpc) is 0.753. The molecule has 0 saturated heterocycles. The molecular weight excluding hydrogens is 1450 g/mol. The zero-order chi connectivity index (χ0) is 82.0. The van der Waals surface area contributed by atoms with Crippen molar-refractivity contribution in [3.8, 4) is 0 Å². The molecule has 25 rings (SSSR count). The molecule has 0 aromatic heterocycles. The van der Waals surface area contributed by atoms with Gasteiger partial charge in [0.1, 0.15) is 0 Å². The highest BCUT2D eigenvalue weighted by Gasteiger charge is 2.13. The molecule has 0 radical (unpaired) electrons. The first kappa shape index (κ1) is 76.2. The van der Waals surface area contributed by atoms with Gasteiger partial charge in [-0.3, -0.25) is 0 Å². The van der Waals surface area contributed by atoms with Crippen LogP contribution >= 0.6 is 0 Å². The highest BCUT2D eigenvalue weighted by atomic mass is 14.2. The van der Waals surface area contributed by atoms with E-state index in [1.54, 1.807) is 0 Å². The second-order valence-electron chi connectivity index (χ2n) is 32.5. The van der Waals surface area contributed by atoms with Gasteiger partial charge in [-0.15, -0.1) is 0 Å². The Morgan fingerprint density at radius 1 is 0.107 bits per heavy atom. The summed E-state index contributed by atoms with van der Waals surface area (Å²) < 4.78 is 0. The van der Waals surface area contributed by atoms with E-state index in [1.165, 1.54) is 233 Å². The molecule has 25 aromatic rings. The second kappa shape index (κ2) is 33.3. The van der Waals surface area contributed by atoms with Crippen molar-refractivity contribution in [3.05, 3.63) is 470 Å². The minimum atomic E-state index is 1.31. The molecule has 0 spiro atoms. The van der Waals surface area contributed by atoms with Crippen LogP contribution in [0.5, 0.6) is 0 Å². The van der Waals surface area contributed by atoms with E-state index in [0.717, 1.165) is 0 Å². The van der Waals surface area contributed by atoms with E-state index in [0.29, 0.717) is 0 Å². The first-order chi connectivity index (χ1) is 59.4. The van der Waals surface area contributed by atoms with Gasteiger partial charge in [0.2, 0.25) is 0 Å². The number of hydrogen-bond acceptors (Lipinski definition) is 0. The predicted molar refractivity (Wildman–Crippen MR) is 533 cm³/mol. The molecule has 0 aliphatic rings. The molecule has 0 heteroatoms. The lowest BCUT2D eigenvalue weighted by Crippen LogP contribution is -1.84. The molecule has 25 aromatic carbocycles. The third kappa shape index (κ3) is 15.2. The van der Waals surface area contributed by atoms with Crippen molar-refractivity contribution >= 4 is 194 Å². The van der Waals surface area contributed by atoms with E-state index in [9.17, 15) is 0 Å². The van der Waals surface area contributed by atoms with Gasteiger partial charge >= 0.3 is 0 Å². The molecule has 0 bridgehead atoms. The molecule has 0 saturated carbocycles. The Balaban J connectivity index is 0.0000000934. The molecule has 121 heavy (non-hydrogen) atoms. The smallest absolute Gasteiger partial charge is 0.00242 e. The highest BCUT2D eigenvalue weighted by Crippen LogP contribution is 2.39. The van der Waals surface area contributed by atoms with Gasteiger partial charge < -0.3 is 0 Å². The Labute approximate surface area is 707 Å². The van der Waals surface area contributed by atoms with Crippen molar-refractivity contribution in [3.63, 3.8) is 0 Å². The van der Waals surface area contributed by atoms with Gasteiger partial charge in [-0.1, -0.05) is 388 Å². The molecule has 0 amide bonds. The first-order valence-corrected chi connectivity index (χ1v) is 42.2. The summed E-state index contributed by atoms with van der Waals surface area (Å²) >= 11 is 0. The molecule has 0 unspecified atom stereocenters. The minimum Gasteiger partial charge on any atom is -0.0616 e. The maximum atomic E-state index is 2.32. The fourth-order valence-corrected chi connectivity index (χ4v) is 18.6. The predicted octanol–water partition coefficient (Wildman–Crippen LogP) is 34.7. The van der Waals surface area contributed by atoms with Crippen LogP contribution in [0.1, 0.15) is 38.9 Å². The molecule has 576 valence electrons. The molecule has 0 nitrogen and oxygen atoms in total. The monoisotopic (exact) mass is 1540 g/mol. The second-order valence-corrected chi connectivity index (χ2v) is 32.5. The van der Waals surface area contributed by atoms with Crippen LogP contribution in [0.4, 0.5) is 0 Å². The van der Waals surface area contributed by atoms with Crippen LogP contribution in [0.2, 0.25) is 0 Å². The lowest BCUT2D eigenvalue weighted by Gasteiger charge is -2.10. The Bertz CT molecular complexity index is 8180. The van der Waals surface area contributed by atoms with Gasteiger partial charge in [0.15, 0.2) is 0 Å². The Morgan fingerprint density at radius 2 is 0.405 bits per heavy atom. The molecule has 0 heterocycles. The number of aryl methyl sites for hydroxylation is 7. The van der Waals surface area contributed by atoms with E-state index < -0.39 is 0 Å². The van der Waals surface area contributed by atoms with Crippen molar-refractivity contribution in [1.82, 2.24) is 0 Å². The van der Waals surface area contributed by atoms with E-state index in [-0.39, 0.29) is 0 Å². The zero-order valence-electron chi connectivity index (χ0n) is 69.5. The number of hydrogen-bond donors (Lipinski definition) is 0. The van der Waals surface area contributed by atoms with E-state index in [1.807, 2.05) is 0 Å². The van der Waals surface area contributed by atoms with Crippen molar-refractivity contribution in [2.24, 2.45) is 0 Å². The van der Waals surface area contributed by atoms with Crippen molar-refractivity contribution in [2.45, 2.75) is 48.5 Å². The van der Waals surface area contributed by atoms with Crippen LogP contribution in [0.3, 0.4) is 0 Å². The lowest BCUT2D eigenvalue weighted by molar-refractivity contribution is 1.51. The number of rotatable bonds is 0. The van der Waals surface area contributed by atoms with E-state index >= 15 is 0 Å². The summed E-state index contributed by atoms with van der Waals surface area (Å²) in [6.07, 6.45) is 0. The van der Waals surface area contributed by atoms with E-state index in [2.05, 4.69) is 479 Å². The van der Waals surface area contributed by atoms with Crippen LogP contribution in [0.15, 0.2) is 431 Å². The normalized spacial score (nSPS) is 11.3. The van der Waals surface area contributed by atoms with Gasteiger partial charge in [-0.2, -0.15) is 0 Å². The standard InChI is InChI=1S/4C19H14.3C15H12/c1-13-16-8-4-3-7-15(16)12-19-17(13)11-10-14-6-2-5-9-18(14)19;1-13-12-15-7-3-5-9-18(15)19-16(13)11-10-14-6-2-4-8-17(14)19;1-13-12-15-11-10-14-6-2-3-8-17(14)19(15)18-9-5-4-7-16(13)18;1-13-5-4-8-14-9-10-17-11-15-6-2-3-7-16(15)12-18(17)19(13)14;1-11-14-8-4-2-6-12(14)10-13-7-3-5-9-15(11)13;1-11-5-4-8-14-9-12-6-2-3-7-13(12)10-15(11)14;1-11-6-7-14-9-12-4-2-3-5-13(12)10-15(14)8-11/h4*2-12H,1H3;3*2-10H,1H3. The molecular formula is C121H92. The lowest BCUT2D eigenvalue weighted by atomic mass is 9.94. The minimum absolute atomic E-state index is 1.31. The maximum Gasteiger partial charge on any atom is -0.00242 e. The van der Waals surface area contributed by atoms with Gasteiger partial charge in [0, 0.05) is 0 Å². The molecule has 0 N–H and O–H groups in total. The topological polar surface area (TPSA) is 0 Å². The van der Waals surface area contributed by atoms with Crippen molar-refractivity contribution < 1.29 is 0 Å². The quantitative estimate of drug-likeness (QED) is 0.105. The molecule has 0 atom stereocenters. The summed E-state index contributed by atoms with van der Waals surface area (Å²) in [5, 5.41) is 48.1. The first-order valence-electron chi connectivity index (χ1n) is 42.2. The van der Waals surface area contributed by atoms with Crippen LogP contribution in [-0.4, -0.2) is 0 Å². The third-order valence-corrected chi connectivity index (χ3v) is 24.8. The van der Waals surface area contributed by atoms with Crippen LogP contribution < -0.4 is 0 Å². The van der Waals surface area contributed by atoms with Gasteiger partial charge in [-0.25, -0.2) is 0 Å². The summed E-state index contributed by atoms with van der Waals surface area (Å²) in [6, 6.07) is 155. The SMILES string of the molecule is Cc1c2ccccc2cc2c1ccc1ccccc12.Cc1c2ccccc2cc2ccccc12.Cc1cc2ccc3ccccc3c2c2ccccc12.Cc1cc2ccccc2c2c1ccc1ccccc12.Cc1ccc2cc3ccccc3cc2c1.Cc1cccc2cc3ccccc3cc12.Cc1cccc2ccc3cc4ccccc4cc3c12. The summed E-state index contributed by atoms with van der Waals surface area (Å²) in [5.74, 6) is 0. The fraction of sp³-hybridized carbons (Fsp3) is 0.0579. The summed E-state index contributed by atoms with van der Waals surface area (Å²) in [7, 11) is 0. The summed E-state index contributed by atoms with van der Waals surface area (Å²) in [5.41, 5.74) is 9.45. The molecule has 0 aliphatic carbocycles. The van der Waals surface area contributed by atoms with Crippen molar-refractivity contribution in [2.75, 3.05) is 0 Å². The third-order valence-electron chi connectivity index (χ3n) is 24.8. The Morgan fingerprint density at radius 3 is 0.975 bits per heavy atom. The van der Waals surface area contributed by atoms with Crippen molar-refractivity contribution in [1.29, 1.82) is 0 Å². The summed E-state index contributed by atoms with van der Waals surface area (Å²) in [4.78, 5) is 0. The Kier molecular flexibility index (Phi) is 21.0. The van der Waals surface area contributed by atoms with Gasteiger partial charge in [0.25, 0.3) is 0 Å². The van der Waals surface area contributed by atoms with Crippen LogP contribution in [0, 0.1) is 48.5 Å². The maximum absolute atomic E-state index is 2.32. The zero-order valence-corrected chi connectivity index (χ0v) is 69.5. The van der Waals surface area contributed by atoms with E-state index in [4.69, 9.17) is 0 Å². The number of benzene rings is 25. The Hall–Kier alpha value is -14.8. The van der Waals surface area contributed by atoms with Crippen LogP contribution in [0.25, 0.3) is 194 Å².